The fourth-order valence-corrected chi connectivity index (χ4v) is 6.36. The van der Waals surface area contributed by atoms with Gasteiger partial charge in [0, 0.05) is 60.2 Å². The molecule has 7 amide bonds. The summed E-state index contributed by atoms with van der Waals surface area (Å²) in [5.74, 6) is -11.9. The van der Waals surface area contributed by atoms with Crippen LogP contribution in [-0.4, -0.2) is 138 Å². The molecule has 0 radical (unpaired) electrons. The molecule has 0 bridgehead atoms. The Morgan fingerprint density at radius 3 is 1.73 bits per heavy atom. The molecule has 0 unspecified atom stereocenters. The average molecular weight is 1010 g/mol. The largest absolute Gasteiger partial charge is 0.481 e. The molecule has 25 heteroatoms. The minimum absolute atomic E-state index is 0.146. The van der Waals surface area contributed by atoms with E-state index in [4.69, 9.17) is 4.84 Å². The van der Waals surface area contributed by atoms with Gasteiger partial charge in [-0.05, 0) is 85.4 Å². The van der Waals surface area contributed by atoms with Crippen molar-refractivity contribution in [1.29, 1.82) is 0 Å². The normalized spacial score (nSPS) is 14.1. The number of nitrogens with zero attached hydrogens (tertiary/aromatic N) is 2. The van der Waals surface area contributed by atoms with Crippen LogP contribution in [0.25, 0.3) is 0 Å². The Hall–Kier alpha value is -6.61. The van der Waals surface area contributed by atoms with Crippen molar-refractivity contribution in [2.75, 3.05) is 6.54 Å². The maximum absolute atomic E-state index is 13.6. The molecular formula is C39H46IN7O17. The quantitative estimate of drug-likeness (QED) is 0.0233. The standard InChI is InChI=1S/C39H46IN7O17/c40-23-17-22(18-41-19-23)33(56)42-15-2-1-6-27(38(61)62)46-37(60)26(9-14-32(54)55)45-36(59)25(8-13-31(52)53)44-35(58)24(7-12-30(50)51)43-34(57)20-4-3-5-21(16-20)39(63)64-47-28(48)10-11-29(47)49/h3-5,16-19,24-27,30,50-51H,1-2,6-15H2,(H,42,56)(H,43,57)(H,44,58)(H,45,59)(H,46,60)(H,52,53)(H,54,55)(H,61,62)/t24-,25-,26-,27-/m1/s1. The van der Waals surface area contributed by atoms with Gasteiger partial charge in [0.05, 0.1) is 11.1 Å². The molecule has 1 aromatic carbocycles. The number of aliphatic carboxylic acids is 3. The third-order valence-corrected chi connectivity index (χ3v) is 9.81. The number of carboxylic acid groups (broad SMARTS) is 3. The zero-order chi connectivity index (χ0) is 47.5. The molecule has 24 nitrogen and oxygen atoms in total. The van der Waals surface area contributed by atoms with Gasteiger partial charge in [-0.15, -0.1) is 5.06 Å². The van der Waals surface area contributed by atoms with Gasteiger partial charge in [0.25, 0.3) is 23.6 Å². The van der Waals surface area contributed by atoms with Gasteiger partial charge in [0.1, 0.15) is 24.2 Å². The summed E-state index contributed by atoms with van der Waals surface area (Å²) in [5.41, 5.74) is -0.231. The number of carbonyl (C=O) groups is 11. The van der Waals surface area contributed by atoms with Crippen LogP contribution in [0.3, 0.4) is 0 Å². The molecule has 1 aliphatic heterocycles. The van der Waals surface area contributed by atoms with Crippen molar-refractivity contribution >= 4 is 87.8 Å². The summed E-state index contributed by atoms with van der Waals surface area (Å²) >= 11 is 1.99. The van der Waals surface area contributed by atoms with Gasteiger partial charge in [-0.2, -0.15) is 0 Å². The molecule has 1 aromatic heterocycles. The van der Waals surface area contributed by atoms with Crippen LogP contribution < -0.4 is 26.6 Å². The number of rotatable bonds is 26. The zero-order valence-corrected chi connectivity index (χ0v) is 36.0. The predicted octanol–water partition coefficient (Wildman–Crippen LogP) is -1.03. The van der Waals surface area contributed by atoms with Crippen molar-refractivity contribution in [3.63, 3.8) is 0 Å². The number of hydrogen-bond acceptors (Lipinski definition) is 15. The fraction of sp³-hybridized carbons (Fsp3) is 0.436. The van der Waals surface area contributed by atoms with E-state index in [0.29, 0.717) is 10.6 Å². The second kappa shape index (κ2) is 25.5. The minimum atomic E-state index is -1.99. The number of halogens is 1. The summed E-state index contributed by atoms with van der Waals surface area (Å²) in [5, 5.41) is 59.6. The molecule has 64 heavy (non-hydrogen) atoms. The van der Waals surface area contributed by atoms with Gasteiger partial charge in [0.2, 0.25) is 17.7 Å². The van der Waals surface area contributed by atoms with Crippen LogP contribution in [0.2, 0.25) is 0 Å². The van der Waals surface area contributed by atoms with Crippen LogP contribution in [0.15, 0.2) is 42.7 Å². The molecule has 1 saturated heterocycles. The number of carbonyl (C=O) groups excluding carboxylic acids is 8. The maximum Gasteiger partial charge on any atom is 0.363 e. The second-order valence-electron chi connectivity index (χ2n) is 14.2. The number of benzene rings is 1. The molecule has 0 saturated carbocycles. The van der Waals surface area contributed by atoms with E-state index in [1.165, 1.54) is 24.4 Å². The molecule has 1 aliphatic rings. The third-order valence-electron chi connectivity index (χ3n) is 9.22. The molecule has 10 N–H and O–H groups in total. The van der Waals surface area contributed by atoms with Crippen LogP contribution in [-0.2, 0) is 43.2 Å². The first-order valence-corrected chi connectivity index (χ1v) is 20.6. The van der Waals surface area contributed by atoms with Gasteiger partial charge in [-0.3, -0.25) is 48.1 Å². The summed E-state index contributed by atoms with van der Waals surface area (Å²) < 4.78 is 0.734. The monoisotopic (exact) mass is 1010 g/mol. The molecule has 0 spiro atoms. The number of pyridine rings is 1. The van der Waals surface area contributed by atoms with Crippen molar-refractivity contribution in [2.24, 2.45) is 0 Å². The minimum Gasteiger partial charge on any atom is -0.481 e. The zero-order valence-electron chi connectivity index (χ0n) is 33.8. The highest BCUT2D eigenvalue weighted by atomic mass is 127. The number of aliphatic hydroxyl groups excluding tert-OH is 1. The van der Waals surface area contributed by atoms with E-state index in [0.717, 1.165) is 9.64 Å². The van der Waals surface area contributed by atoms with Crippen LogP contribution in [0, 0.1) is 3.57 Å². The maximum atomic E-state index is 13.6. The first kappa shape index (κ1) is 51.7. The number of unbranched alkanes of at least 4 members (excludes halogenated alkanes) is 1. The number of aromatic nitrogens is 1. The SMILES string of the molecule is O=C(O)CC[C@@H](NC(=O)[C@@H](CCC(=O)O)NC(=O)[C@@H](CCC(O)O)NC(=O)c1cccc(C(=O)ON2C(=O)CCC2=O)c1)C(=O)N[C@H](CCCCNC(=O)c1cncc(I)c1)C(=O)O. The van der Waals surface area contributed by atoms with Gasteiger partial charge in [-0.1, -0.05) is 6.07 Å². The number of hydrogen-bond donors (Lipinski definition) is 10. The van der Waals surface area contributed by atoms with E-state index in [9.17, 15) is 78.3 Å². The Morgan fingerprint density at radius 2 is 1.20 bits per heavy atom. The summed E-state index contributed by atoms with van der Waals surface area (Å²) in [7, 11) is 0. The highest BCUT2D eigenvalue weighted by molar-refractivity contribution is 14.1. The first-order valence-electron chi connectivity index (χ1n) is 19.6. The molecule has 2 heterocycles. The predicted molar refractivity (Wildman–Crippen MR) is 222 cm³/mol. The highest BCUT2D eigenvalue weighted by Crippen LogP contribution is 2.16. The van der Waals surface area contributed by atoms with Gasteiger partial charge < -0.3 is 57.0 Å². The van der Waals surface area contributed by atoms with E-state index in [2.05, 4.69) is 31.6 Å². The average Bonchev–Trinajstić information content (AvgIpc) is 3.56. The Kier molecular flexibility index (Phi) is 20.6. The Bertz CT molecular complexity index is 2090. The van der Waals surface area contributed by atoms with Crippen molar-refractivity contribution in [3.05, 3.63) is 63.0 Å². The van der Waals surface area contributed by atoms with Crippen LogP contribution in [0.5, 0.6) is 0 Å². The lowest BCUT2D eigenvalue weighted by Gasteiger charge is -2.26. The fourth-order valence-electron chi connectivity index (χ4n) is 5.87. The highest BCUT2D eigenvalue weighted by Gasteiger charge is 2.34. The van der Waals surface area contributed by atoms with Crippen molar-refractivity contribution in [3.8, 4) is 0 Å². The van der Waals surface area contributed by atoms with Gasteiger partial charge >= 0.3 is 23.9 Å². The van der Waals surface area contributed by atoms with E-state index < -0.39 is 134 Å². The molecule has 4 atom stereocenters. The Labute approximate surface area is 377 Å². The molecule has 2 aromatic rings. The van der Waals surface area contributed by atoms with Crippen LogP contribution in [0.1, 0.15) is 102 Å². The van der Waals surface area contributed by atoms with Crippen molar-refractivity contribution in [2.45, 2.75) is 101 Å². The lowest BCUT2D eigenvalue weighted by molar-refractivity contribution is -0.172. The second-order valence-corrected chi connectivity index (χ2v) is 15.4. The van der Waals surface area contributed by atoms with E-state index in [1.807, 2.05) is 22.6 Å². The molecule has 3 rings (SSSR count). The third kappa shape index (κ3) is 17.3. The topological polar surface area (TPSA) is 374 Å². The number of aliphatic hydroxyl groups is 2. The smallest absolute Gasteiger partial charge is 0.363 e. The molecule has 1 fully saturated rings. The van der Waals surface area contributed by atoms with E-state index in [-0.39, 0.29) is 49.8 Å². The van der Waals surface area contributed by atoms with Gasteiger partial charge in [0.15, 0.2) is 6.29 Å². The summed E-state index contributed by atoms with van der Waals surface area (Å²) in [6.45, 7) is 0.146. The molecular weight excluding hydrogens is 965 g/mol. The number of imide groups is 1. The van der Waals surface area contributed by atoms with E-state index >= 15 is 0 Å². The Morgan fingerprint density at radius 1 is 0.656 bits per heavy atom. The molecule has 346 valence electrons. The number of hydroxylamine groups is 2. The molecule has 0 aliphatic carbocycles. The number of carboxylic acids is 3. The summed E-state index contributed by atoms with van der Waals surface area (Å²) in [4.78, 5) is 147. The van der Waals surface area contributed by atoms with Crippen molar-refractivity contribution < 1.29 is 83.1 Å². The van der Waals surface area contributed by atoms with Crippen LogP contribution >= 0.6 is 22.6 Å². The van der Waals surface area contributed by atoms with Crippen LogP contribution in [0.4, 0.5) is 0 Å². The lowest BCUT2D eigenvalue weighted by Crippen LogP contribution is -2.58. The Balaban J connectivity index is 1.72. The lowest BCUT2D eigenvalue weighted by atomic mass is 10.0. The van der Waals surface area contributed by atoms with Crippen molar-refractivity contribution in [1.82, 2.24) is 36.6 Å². The first-order chi connectivity index (χ1) is 30.2. The summed E-state index contributed by atoms with van der Waals surface area (Å²) in [6, 6.07) is -0.447. The summed E-state index contributed by atoms with van der Waals surface area (Å²) in [6.07, 6.45) is -2.73. The van der Waals surface area contributed by atoms with Gasteiger partial charge in [-0.25, -0.2) is 9.59 Å². The van der Waals surface area contributed by atoms with E-state index in [1.54, 1.807) is 12.3 Å². The number of nitrogens with one attached hydrogen (secondary N) is 5. The number of amides is 7.